The van der Waals surface area contributed by atoms with Crippen molar-refractivity contribution < 1.29 is 27.9 Å². The van der Waals surface area contributed by atoms with Crippen molar-refractivity contribution in [1.82, 2.24) is 19.6 Å². The van der Waals surface area contributed by atoms with E-state index in [4.69, 9.17) is 29.2 Å². The number of anilines is 1. The molecule has 0 saturated heterocycles. The number of carbonyl (C=O) groups is 1. The van der Waals surface area contributed by atoms with Crippen LogP contribution < -0.4 is 15.3 Å². The first-order chi connectivity index (χ1) is 20.6. The van der Waals surface area contributed by atoms with Crippen LogP contribution in [-0.4, -0.2) is 46.4 Å². The molecule has 2 unspecified atom stereocenters. The van der Waals surface area contributed by atoms with Crippen LogP contribution in [0.2, 0.25) is 0 Å². The highest BCUT2D eigenvalue weighted by Gasteiger charge is 2.38. The lowest BCUT2D eigenvalue weighted by molar-refractivity contribution is -0.145. The summed E-state index contributed by atoms with van der Waals surface area (Å²) in [6.45, 7) is 10.4. The molecule has 2 aromatic heterocycles. The molecule has 0 aliphatic carbocycles. The average Bonchev–Trinajstić information content (AvgIpc) is 3.40. The van der Waals surface area contributed by atoms with E-state index in [0.29, 0.717) is 35.9 Å². The molecule has 12 heteroatoms. The lowest BCUT2D eigenvalue weighted by atomic mass is 9.98. The number of hydrogen-bond acceptors (Lipinski definition) is 9. The standard InChI is InChI=1S/C31H42N5O6P/c1-6-9-19-40-30(37)22(4)35-43(38,42-23-15-11-10-12-16-23)41-21-31(5,7-2)36-26(20-39-8-3)34-27-28(36)24-17-13-14-18-25(24)33-29(27)32/h10-18,22H,6-9,19-21H2,1-5H3,(H2,32,33)(H,35,38)/t22-,31?,43?/m0/s1. The van der Waals surface area contributed by atoms with Crippen LogP contribution in [0, 0.1) is 0 Å². The molecule has 0 fully saturated rings. The van der Waals surface area contributed by atoms with Gasteiger partial charge in [-0.05, 0) is 51.8 Å². The SMILES string of the molecule is CCCCOC(=O)[C@H](C)NP(=O)(OCC(C)(CC)n1c(COCC)nc2c(N)nc3ccccc3c21)Oc1ccccc1. The van der Waals surface area contributed by atoms with Crippen molar-refractivity contribution in [2.45, 2.75) is 72.1 Å². The zero-order chi connectivity index (χ0) is 31.0. The Kier molecular flexibility index (Phi) is 10.8. The van der Waals surface area contributed by atoms with Crippen LogP contribution in [0.4, 0.5) is 5.82 Å². The number of aromatic nitrogens is 3. The minimum absolute atomic E-state index is 0.0562. The molecular weight excluding hydrogens is 569 g/mol. The fraction of sp³-hybridized carbons (Fsp3) is 0.452. The minimum atomic E-state index is -4.11. The fourth-order valence-corrected chi connectivity index (χ4v) is 6.32. The van der Waals surface area contributed by atoms with Crippen LogP contribution in [0.3, 0.4) is 0 Å². The monoisotopic (exact) mass is 611 g/mol. The van der Waals surface area contributed by atoms with Gasteiger partial charge >= 0.3 is 13.7 Å². The number of benzene rings is 2. The lowest BCUT2D eigenvalue weighted by Gasteiger charge is -2.34. The van der Waals surface area contributed by atoms with Gasteiger partial charge in [-0.1, -0.05) is 56.7 Å². The van der Waals surface area contributed by atoms with Gasteiger partial charge in [-0.3, -0.25) is 9.32 Å². The number of unbranched alkanes of at least 4 members (excludes halogenated alkanes) is 1. The second-order valence-electron chi connectivity index (χ2n) is 10.6. The van der Waals surface area contributed by atoms with Gasteiger partial charge in [0, 0.05) is 12.0 Å². The molecule has 4 aromatic rings. The molecule has 4 rings (SSSR count). The second kappa shape index (κ2) is 14.3. The van der Waals surface area contributed by atoms with Crippen molar-refractivity contribution in [3.05, 3.63) is 60.4 Å². The van der Waals surface area contributed by atoms with Crippen LogP contribution in [0.1, 0.15) is 59.7 Å². The number of para-hydroxylation sites is 2. The summed E-state index contributed by atoms with van der Waals surface area (Å²) in [5.41, 5.74) is 7.67. The summed E-state index contributed by atoms with van der Waals surface area (Å²) in [5.74, 6) is 0.730. The molecule has 2 heterocycles. The summed E-state index contributed by atoms with van der Waals surface area (Å²) in [6, 6.07) is 15.5. The Hall–Kier alpha value is -3.50. The van der Waals surface area contributed by atoms with Gasteiger partial charge in [0.25, 0.3) is 0 Å². The highest BCUT2D eigenvalue weighted by atomic mass is 31.2. The predicted molar refractivity (Wildman–Crippen MR) is 168 cm³/mol. The Balaban J connectivity index is 1.74. The first kappa shape index (κ1) is 32.4. The molecule has 2 aromatic carbocycles. The number of hydrogen-bond donors (Lipinski definition) is 2. The third kappa shape index (κ3) is 7.54. The number of nitrogens with one attached hydrogen (secondary N) is 1. The molecule has 0 aliphatic heterocycles. The number of rotatable bonds is 16. The average molecular weight is 612 g/mol. The number of pyridine rings is 1. The fourth-order valence-electron chi connectivity index (χ4n) is 4.71. The van der Waals surface area contributed by atoms with Gasteiger partial charge in [0.15, 0.2) is 5.82 Å². The molecular formula is C31H42N5O6P. The van der Waals surface area contributed by atoms with Crippen molar-refractivity contribution in [2.75, 3.05) is 25.6 Å². The van der Waals surface area contributed by atoms with Gasteiger partial charge in [0.2, 0.25) is 0 Å². The summed E-state index contributed by atoms with van der Waals surface area (Å²) in [5, 5.41) is 3.66. The summed E-state index contributed by atoms with van der Waals surface area (Å²) in [6.07, 6.45) is 2.18. The van der Waals surface area contributed by atoms with E-state index in [-0.39, 0.29) is 19.8 Å². The van der Waals surface area contributed by atoms with Crippen molar-refractivity contribution in [3.63, 3.8) is 0 Å². The Morgan fingerprint density at radius 1 is 1.09 bits per heavy atom. The summed E-state index contributed by atoms with van der Waals surface area (Å²) in [4.78, 5) is 22.1. The predicted octanol–water partition coefficient (Wildman–Crippen LogP) is 6.35. The molecule has 43 heavy (non-hydrogen) atoms. The van der Waals surface area contributed by atoms with E-state index in [1.165, 1.54) is 0 Å². The van der Waals surface area contributed by atoms with Crippen LogP contribution >= 0.6 is 7.75 Å². The van der Waals surface area contributed by atoms with Gasteiger partial charge in [-0.15, -0.1) is 0 Å². The zero-order valence-electron chi connectivity index (χ0n) is 25.5. The Morgan fingerprint density at radius 2 is 1.81 bits per heavy atom. The maximum atomic E-state index is 14.3. The Labute approximate surface area is 252 Å². The van der Waals surface area contributed by atoms with Crippen molar-refractivity contribution in [1.29, 1.82) is 0 Å². The van der Waals surface area contributed by atoms with Crippen LogP contribution in [-0.2, 0) is 35.5 Å². The van der Waals surface area contributed by atoms with E-state index in [0.717, 1.165) is 29.3 Å². The first-order valence-electron chi connectivity index (χ1n) is 14.7. The molecule has 232 valence electrons. The number of nitrogens with two attached hydrogens (primary N) is 1. The first-order valence-corrected chi connectivity index (χ1v) is 16.3. The molecule has 0 amide bonds. The highest BCUT2D eigenvalue weighted by molar-refractivity contribution is 7.52. The molecule has 11 nitrogen and oxygen atoms in total. The topological polar surface area (TPSA) is 140 Å². The number of imidazole rings is 1. The van der Waals surface area contributed by atoms with Crippen LogP contribution in [0.25, 0.3) is 21.9 Å². The quantitative estimate of drug-likeness (QED) is 0.0836. The number of carbonyl (C=O) groups excluding carboxylic acids is 1. The van der Waals surface area contributed by atoms with E-state index in [9.17, 15) is 9.36 Å². The molecule has 0 aliphatic rings. The number of nitrogens with zero attached hydrogens (tertiary/aromatic N) is 3. The van der Waals surface area contributed by atoms with Crippen LogP contribution in [0.5, 0.6) is 5.75 Å². The maximum Gasteiger partial charge on any atom is 0.459 e. The summed E-state index contributed by atoms with van der Waals surface area (Å²) < 4.78 is 39.6. The van der Waals surface area contributed by atoms with Crippen LogP contribution in [0.15, 0.2) is 54.6 Å². The highest BCUT2D eigenvalue weighted by Crippen LogP contribution is 2.47. The van der Waals surface area contributed by atoms with Crippen molar-refractivity contribution in [3.8, 4) is 5.75 Å². The number of nitrogen functional groups attached to an aromatic ring is 1. The molecule has 3 atom stereocenters. The summed E-state index contributed by atoms with van der Waals surface area (Å²) in [7, 11) is -4.11. The normalized spacial score (nSPS) is 15.2. The number of fused-ring (bicyclic) bond motifs is 3. The molecule has 3 N–H and O–H groups in total. The third-order valence-corrected chi connectivity index (χ3v) is 8.91. The van der Waals surface area contributed by atoms with Gasteiger partial charge in [-0.25, -0.2) is 14.5 Å². The Morgan fingerprint density at radius 3 is 2.51 bits per heavy atom. The zero-order valence-corrected chi connectivity index (χ0v) is 26.4. The van der Waals surface area contributed by atoms with Gasteiger partial charge in [-0.2, -0.15) is 5.09 Å². The van der Waals surface area contributed by atoms with Gasteiger partial charge in [0.05, 0.1) is 29.8 Å². The van der Waals surface area contributed by atoms with E-state index in [1.807, 2.05) is 62.6 Å². The summed E-state index contributed by atoms with van der Waals surface area (Å²) >= 11 is 0. The van der Waals surface area contributed by atoms with E-state index < -0.39 is 25.3 Å². The largest absolute Gasteiger partial charge is 0.465 e. The van der Waals surface area contributed by atoms with Gasteiger partial charge in [0.1, 0.15) is 29.7 Å². The third-order valence-electron chi connectivity index (χ3n) is 7.29. The molecule has 0 radical (unpaired) electrons. The van der Waals surface area contributed by atoms with E-state index in [2.05, 4.69) is 10.1 Å². The van der Waals surface area contributed by atoms with Crippen molar-refractivity contribution in [2.24, 2.45) is 0 Å². The molecule has 0 bridgehead atoms. The Bertz CT molecular complexity index is 1580. The van der Waals surface area contributed by atoms with Crippen molar-refractivity contribution >= 4 is 41.5 Å². The van der Waals surface area contributed by atoms with E-state index >= 15 is 0 Å². The smallest absolute Gasteiger partial charge is 0.459 e. The minimum Gasteiger partial charge on any atom is -0.465 e. The second-order valence-corrected chi connectivity index (χ2v) is 12.3. The lowest BCUT2D eigenvalue weighted by Crippen LogP contribution is -2.39. The molecule has 0 spiro atoms. The van der Waals surface area contributed by atoms with E-state index in [1.54, 1.807) is 31.2 Å². The molecule has 0 saturated carbocycles. The maximum absolute atomic E-state index is 14.3. The van der Waals surface area contributed by atoms with Gasteiger partial charge < -0.3 is 24.3 Å². The number of esters is 1. The number of ether oxygens (including phenoxy) is 2.